The van der Waals surface area contributed by atoms with Gasteiger partial charge in [0.05, 0.1) is 6.20 Å². The van der Waals surface area contributed by atoms with Crippen LogP contribution in [0.2, 0.25) is 5.15 Å². The zero-order chi connectivity index (χ0) is 14.0. The van der Waals surface area contributed by atoms with Crippen LogP contribution in [-0.4, -0.2) is 23.2 Å². The van der Waals surface area contributed by atoms with Crippen molar-refractivity contribution in [2.24, 2.45) is 7.05 Å². The van der Waals surface area contributed by atoms with Crippen molar-refractivity contribution in [1.82, 2.24) is 19.5 Å². The summed E-state index contributed by atoms with van der Waals surface area (Å²) in [7, 11) is -1.88. The van der Waals surface area contributed by atoms with Gasteiger partial charge in [-0.15, -0.1) is 0 Å². The second kappa shape index (κ2) is 5.28. The van der Waals surface area contributed by atoms with Crippen molar-refractivity contribution < 1.29 is 8.42 Å². The van der Waals surface area contributed by atoms with E-state index in [1.807, 2.05) is 6.92 Å². The van der Waals surface area contributed by atoms with Crippen LogP contribution in [-0.2, 0) is 23.6 Å². The number of nitrogens with one attached hydrogen (secondary N) is 1. The maximum absolute atomic E-state index is 12.1. The van der Waals surface area contributed by atoms with E-state index in [0.29, 0.717) is 0 Å². The second-order valence-corrected chi connectivity index (χ2v) is 6.09. The van der Waals surface area contributed by atoms with Gasteiger partial charge in [-0.3, -0.25) is 4.68 Å². The molecule has 0 fully saturated rings. The summed E-state index contributed by atoms with van der Waals surface area (Å²) >= 11 is 5.78. The van der Waals surface area contributed by atoms with Crippen molar-refractivity contribution in [3.05, 3.63) is 40.9 Å². The predicted octanol–water partition coefficient (Wildman–Crippen LogP) is 1.26. The minimum Gasteiger partial charge on any atom is -0.273 e. The Morgan fingerprint density at radius 2 is 2.21 bits per heavy atom. The Hall–Kier alpha value is -1.44. The fourth-order valence-electron chi connectivity index (χ4n) is 1.54. The highest BCUT2D eigenvalue weighted by atomic mass is 35.5. The van der Waals surface area contributed by atoms with E-state index in [1.54, 1.807) is 17.9 Å². The van der Waals surface area contributed by atoms with Gasteiger partial charge >= 0.3 is 0 Å². The van der Waals surface area contributed by atoms with Crippen LogP contribution in [0.25, 0.3) is 0 Å². The van der Waals surface area contributed by atoms with Crippen LogP contribution >= 0.6 is 11.6 Å². The van der Waals surface area contributed by atoms with E-state index in [0.717, 1.165) is 11.3 Å². The van der Waals surface area contributed by atoms with E-state index in [-0.39, 0.29) is 16.6 Å². The molecule has 0 amide bonds. The van der Waals surface area contributed by atoms with Crippen molar-refractivity contribution in [3.8, 4) is 0 Å². The van der Waals surface area contributed by atoms with Gasteiger partial charge in [-0.1, -0.05) is 11.6 Å². The van der Waals surface area contributed by atoms with E-state index < -0.39 is 10.0 Å². The number of sulfonamides is 1. The lowest BCUT2D eigenvalue weighted by Gasteiger charge is -2.07. The topological polar surface area (TPSA) is 76.9 Å². The summed E-state index contributed by atoms with van der Waals surface area (Å²) in [5.74, 6) is 0. The zero-order valence-corrected chi connectivity index (χ0v) is 12.0. The van der Waals surface area contributed by atoms with Crippen LogP contribution < -0.4 is 4.72 Å². The molecule has 0 saturated heterocycles. The quantitative estimate of drug-likeness (QED) is 0.862. The van der Waals surface area contributed by atoms with Crippen molar-refractivity contribution in [2.45, 2.75) is 18.4 Å². The summed E-state index contributed by atoms with van der Waals surface area (Å²) in [6, 6.07) is 2.93. The molecule has 2 aromatic rings. The lowest BCUT2D eigenvalue weighted by Crippen LogP contribution is -2.24. The largest absolute Gasteiger partial charge is 0.273 e. The summed E-state index contributed by atoms with van der Waals surface area (Å²) in [5.41, 5.74) is 1.71. The highest BCUT2D eigenvalue weighted by Gasteiger charge is 2.18. The number of hydrogen-bond donors (Lipinski definition) is 1. The molecule has 8 heteroatoms. The third kappa shape index (κ3) is 2.94. The Labute approximate surface area is 116 Å². The van der Waals surface area contributed by atoms with Gasteiger partial charge in [0.1, 0.15) is 10.0 Å². The molecular formula is C11H13ClN4O2S. The number of aryl methyl sites for hydroxylation is 1. The Morgan fingerprint density at radius 3 is 2.79 bits per heavy atom. The molecule has 1 N–H and O–H groups in total. The van der Waals surface area contributed by atoms with Gasteiger partial charge in [-0.05, 0) is 19.1 Å². The summed E-state index contributed by atoms with van der Waals surface area (Å²) in [5, 5.41) is 4.01. The van der Waals surface area contributed by atoms with Crippen molar-refractivity contribution in [2.75, 3.05) is 0 Å². The molecule has 0 aliphatic carbocycles. The number of rotatable bonds is 4. The third-order valence-corrected chi connectivity index (χ3v) is 4.65. The third-order valence-electron chi connectivity index (χ3n) is 2.80. The molecule has 0 aromatic carbocycles. The number of aromatic nitrogens is 3. The maximum Gasteiger partial charge on any atom is 0.243 e. The molecule has 19 heavy (non-hydrogen) atoms. The molecule has 0 aliphatic heterocycles. The first-order valence-corrected chi connectivity index (χ1v) is 7.35. The van der Waals surface area contributed by atoms with Gasteiger partial charge in [0.25, 0.3) is 0 Å². The molecule has 0 atom stereocenters. The van der Waals surface area contributed by atoms with E-state index in [9.17, 15) is 8.42 Å². The van der Waals surface area contributed by atoms with E-state index in [4.69, 9.17) is 11.6 Å². The van der Waals surface area contributed by atoms with Gasteiger partial charge in [-0.25, -0.2) is 18.1 Å². The predicted molar refractivity (Wildman–Crippen MR) is 71.2 cm³/mol. The highest BCUT2D eigenvalue weighted by molar-refractivity contribution is 7.89. The molecule has 0 aliphatic rings. The molecule has 102 valence electrons. The minimum atomic E-state index is -3.68. The standard InChI is InChI=1S/C11H13ClN4O2S/c1-8-9(6-14-16(8)2)7-15-19(17,18)10-4-3-5-13-11(10)12/h3-6,15H,7H2,1-2H3. The molecule has 0 saturated carbocycles. The summed E-state index contributed by atoms with van der Waals surface area (Å²) < 4.78 is 28.3. The molecular weight excluding hydrogens is 288 g/mol. The first kappa shape index (κ1) is 14.0. The zero-order valence-electron chi connectivity index (χ0n) is 10.5. The van der Waals surface area contributed by atoms with Crippen LogP contribution in [0.3, 0.4) is 0 Å². The second-order valence-electron chi connectivity index (χ2n) is 4.00. The molecule has 0 spiro atoms. The Morgan fingerprint density at radius 1 is 1.47 bits per heavy atom. The van der Waals surface area contributed by atoms with E-state index >= 15 is 0 Å². The van der Waals surface area contributed by atoms with Crippen LogP contribution in [0.4, 0.5) is 0 Å². The number of hydrogen-bond acceptors (Lipinski definition) is 4. The smallest absolute Gasteiger partial charge is 0.243 e. The molecule has 0 bridgehead atoms. The highest BCUT2D eigenvalue weighted by Crippen LogP contribution is 2.18. The van der Waals surface area contributed by atoms with E-state index in [2.05, 4.69) is 14.8 Å². The minimum absolute atomic E-state index is 0.0294. The maximum atomic E-state index is 12.1. The van der Waals surface area contributed by atoms with Crippen LogP contribution in [0.15, 0.2) is 29.4 Å². The Bertz CT molecular complexity index is 696. The average molecular weight is 301 g/mol. The Kier molecular flexibility index (Phi) is 3.88. The lowest BCUT2D eigenvalue weighted by atomic mass is 10.3. The van der Waals surface area contributed by atoms with Crippen LogP contribution in [0.5, 0.6) is 0 Å². The van der Waals surface area contributed by atoms with Crippen molar-refractivity contribution >= 4 is 21.6 Å². The van der Waals surface area contributed by atoms with Crippen LogP contribution in [0.1, 0.15) is 11.3 Å². The number of pyridine rings is 1. The normalized spacial score (nSPS) is 11.7. The van der Waals surface area contributed by atoms with Crippen LogP contribution in [0, 0.1) is 6.92 Å². The van der Waals surface area contributed by atoms with Gasteiger partial charge in [0, 0.05) is 31.0 Å². The SMILES string of the molecule is Cc1c(CNS(=O)(=O)c2cccnc2Cl)cnn1C. The first-order valence-electron chi connectivity index (χ1n) is 5.49. The monoisotopic (exact) mass is 300 g/mol. The fourth-order valence-corrected chi connectivity index (χ4v) is 3.00. The van der Waals surface area contributed by atoms with Gasteiger partial charge in [0.15, 0.2) is 0 Å². The first-order chi connectivity index (χ1) is 8.92. The number of halogens is 1. The molecule has 6 nitrogen and oxygen atoms in total. The molecule has 2 heterocycles. The fraction of sp³-hybridized carbons (Fsp3) is 0.273. The molecule has 0 radical (unpaired) electrons. The molecule has 2 aromatic heterocycles. The summed E-state index contributed by atoms with van der Waals surface area (Å²) in [6.45, 7) is 2.03. The summed E-state index contributed by atoms with van der Waals surface area (Å²) in [6.07, 6.45) is 3.06. The van der Waals surface area contributed by atoms with Gasteiger partial charge < -0.3 is 0 Å². The average Bonchev–Trinajstić information content (AvgIpc) is 2.68. The lowest BCUT2D eigenvalue weighted by molar-refractivity contribution is 0.580. The molecule has 2 rings (SSSR count). The van der Waals surface area contributed by atoms with Crippen molar-refractivity contribution in [1.29, 1.82) is 0 Å². The molecule has 0 unspecified atom stereocenters. The van der Waals surface area contributed by atoms with Gasteiger partial charge in [-0.2, -0.15) is 5.10 Å². The van der Waals surface area contributed by atoms with Gasteiger partial charge in [0.2, 0.25) is 10.0 Å². The van der Waals surface area contributed by atoms with E-state index in [1.165, 1.54) is 18.3 Å². The summed E-state index contributed by atoms with van der Waals surface area (Å²) in [4.78, 5) is 3.72. The Balaban J connectivity index is 2.19. The van der Waals surface area contributed by atoms with Crippen molar-refractivity contribution in [3.63, 3.8) is 0 Å². The number of nitrogens with zero attached hydrogens (tertiary/aromatic N) is 3.